The second kappa shape index (κ2) is 10.5. The molecule has 0 atom stereocenters. The van der Waals surface area contributed by atoms with Crippen molar-refractivity contribution in [1.29, 1.82) is 0 Å². The number of aromatic amines is 1. The number of piperidine rings is 1. The lowest BCUT2D eigenvalue weighted by Crippen LogP contribution is -2.38. The molecule has 216 valence electrons. The second-order valence-electron chi connectivity index (χ2n) is 11.2. The number of aromatic carboxylic acids is 1. The molecule has 1 aliphatic rings. The number of hydrogen-bond acceptors (Lipinski definition) is 6. The molecule has 0 bridgehead atoms. The standard InChI is InChI=1S/C32H32N4O5S/c1-19-28(22-8-10-23(11-9-22)32(38)39)31(37)35(2)27-17-33-30-25(29(19)27)16-26(34-30)21-6-4-20(5-7-21)18-36-14-12-24(13-15-36)42(3,40)41/h4-11,16-17,24H,12-15,18H2,1-3H3,(H,33,34)(H,38,39). The molecule has 42 heavy (non-hydrogen) atoms. The number of pyridine rings is 2. The SMILES string of the molecule is Cc1c(-c2ccc(C(=O)O)cc2)c(=O)n(C)c2cnc3[nH]c(-c4ccc(CN5CCC(S(C)(=O)=O)CC5)cc4)cc3c12. The van der Waals surface area contributed by atoms with Crippen LogP contribution in [0.15, 0.2) is 65.6 Å². The van der Waals surface area contributed by atoms with E-state index in [-0.39, 0.29) is 16.4 Å². The van der Waals surface area contributed by atoms with Crippen molar-refractivity contribution in [2.24, 2.45) is 7.05 Å². The number of nitrogens with one attached hydrogen (secondary N) is 1. The van der Waals surface area contributed by atoms with Gasteiger partial charge in [-0.1, -0.05) is 36.4 Å². The largest absolute Gasteiger partial charge is 0.478 e. The fourth-order valence-corrected chi connectivity index (χ4v) is 7.16. The number of sulfone groups is 1. The third-order valence-electron chi connectivity index (χ3n) is 8.50. The average molecular weight is 585 g/mol. The third-order valence-corrected chi connectivity index (χ3v) is 10.2. The molecule has 1 aliphatic heterocycles. The molecule has 9 nitrogen and oxygen atoms in total. The van der Waals surface area contributed by atoms with E-state index in [0.717, 1.165) is 52.7 Å². The third kappa shape index (κ3) is 5.01. The molecule has 0 aliphatic carbocycles. The molecule has 1 fully saturated rings. The predicted molar refractivity (Wildman–Crippen MR) is 165 cm³/mol. The minimum atomic E-state index is -2.98. The Hall–Kier alpha value is -4.28. The van der Waals surface area contributed by atoms with Gasteiger partial charge in [-0.2, -0.15) is 0 Å². The van der Waals surface area contributed by atoms with Gasteiger partial charge >= 0.3 is 5.97 Å². The van der Waals surface area contributed by atoms with Crippen LogP contribution in [0.25, 0.3) is 44.3 Å². The number of carboxylic acid groups (broad SMARTS) is 1. The number of benzene rings is 2. The highest BCUT2D eigenvalue weighted by Crippen LogP contribution is 2.34. The molecule has 0 unspecified atom stereocenters. The van der Waals surface area contributed by atoms with Crippen molar-refractivity contribution in [3.05, 3.63) is 87.8 Å². The number of aryl methyl sites for hydroxylation is 2. The molecule has 2 aromatic carbocycles. The van der Waals surface area contributed by atoms with E-state index in [1.807, 2.05) is 6.92 Å². The summed E-state index contributed by atoms with van der Waals surface area (Å²) in [5.74, 6) is -1.01. The number of carbonyl (C=O) groups is 1. The zero-order valence-electron chi connectivity index (χ0n) is 23.7. The number of nitrogens with zero attached hydrogens (tertiary/aromatic N) is 3. The van der Waals surface area contributed by atoms with Gasteiger partial charge in [0.2, 0.25) is 0 Å². The first-order chi connectivity index (χ1) is 20.0. The summed E-state index contributed by atoms with van der Waals surface area (Å²) in [6.45, 7) is 4.24. The van der Waals surface area contributed by atoms with E-state index in [1.165, 1.54) is 24.0 Å². The molecular formula is C32H32N4O5S. The summed E-state index contributed by atoms with van der Waals surface area (Å²) in [5.41, 5.74) is 6.51. The van der Waals surface area contributed by atoms with Crippen molar-refractivity contribution in [3.8, 4) is 22.4 Å². The van der Waals surface area contributed by atoms with E-state index in [1.54, 1.807) is 29.9 Å². The van der Waals surface area contributed by atoms with E-state index in [9.17, 15) is 23.1 Å². The predicted octanol–water partition coefficient (Wildman–Crippen LogP) is 4.76. The van der Waals surface area contributed by atoms with Gasteiger partial charge in [0.25, 0.3) is 5.56 Å². The molecule has 10 heteroatoms. The molecule has 0 saturated carbocycles. The minimum Gasteiger partial charge on any atom is -0.478 e. The number of rotatable bonds is 6. The quantitative estimate of drug-likeness (QED) is 0.295. The van der Waals surface area contributed by atoms with Crippen molar-refractivity contribution in [2.45, 2.75) is 31.6 Å². The number of likely N-dealkylation sites (tertiary alicyclic amines) is 1. The molecule has 3 aromatic heterocycles. The molecule has 1 saturated heterocycles. The van der Waals surface area contributed by atoms with Crippen LogP contribution >= 0.6 is 0 Å². The Kier molecular flexibility index (Phi) is 6.98. The van der Waals surface area contributed by atoms with Crippen LogP contribution in [-0.4, -0.2) is 63.5 Å². The van der Waals surface area contributed by atoms with Crippen molar-refractivity contribution in [1.82, 2.24) is 19.4 Å². The Morgan fingerprint density at radius 3 is 2.31 bits per heavy atom. The zero-order chi connectivity index (χ0) is 29.8. The van der Waals surface area contributed by atoms with Crippen molar-refractivity contribution in [2.75, 3.05) is 19.3 Å². The maximum atomic E-state index is 13.4. The lowest BCUT2D eigenvalue weighted by atomic mass is 9.96. The minimum absolute atomic E-state index is 0.165. The smallest absolute Gasteiger partial charge is 0.335 e. The van der Waals surface area contributed by atoms with Gasteiger partial charge in [-0.05, 0) is 73.3 Å². The maximum absolute atomic E-state index is 13.4. The fraction of sp³-hybridized carbons (Fsp3) is 0.281. The first kappa shape index (κ1) is 27.9. The number of carboxylic acids is 1. The number of fused-ring (bicyclic) bond motifs is 3. The second-order valence-corrected chi connectivity index (χ2v) is 13.5. The van der Waals surface area contributed by atoms with Gasteiger partial charge in [0.05, 0.1) is 28.1 Å². The Balaban J connectivity index is 1.32. The first-order valence-corrected chi connectivity index (χ1v) is 15.8. The Morgan fingerprint density at radius 2 is 1.69 bits per heavy atom. The lowest BCUT2D eigenvalue weighted by molar-refractivity contribution is 0.0697. The van der Waals surface area contributed by atoms with Crippen LogP contribution in [0.1, 0.15) is 34.3 Å². The van der Waals surface area contributed by atoms with Crippen LogP contribution in [0.3, 0.4) is 0 Å². The zero-order valence-corrected chi connectivity index (χ0v) is 24.5. The molecular weight excluding hydrogens is 552 g/mol. The van der Waals surface area contributed by atoms with Gasteiger partial charge in [0, 0.05) is 36.3 Å². The van der Waals surface area contributed by atoms with Crippen LogP contribution in [0.5, 0.6) is 0 Å². The van der Waals surface area contributed by atoms with Gasteiger partial charge < -0.3 is 14.7 Å². The molecule has 0 radical (unpaired) electrons. The summed E-state index contributed by atoms with van der Waals surface area (Å²) >= 11 is 0. The molecule has 2 N–H and O–H groups in total. The van der Waals surface area contributed by atoms with Crippen LogP contribution in [-0.2, 0) is 23.4 Å². The van der Waals surface area contributed by atoms with Gasteiger partial charge in [-0.15, -0.1) is 0 Å². The topological polar surface area (TPSA) is 125 Å². The first-order valence-electron chi connectivity index (χ1n) is 13.9. The highest BCUT2D eigenvalue weighted by atomic mass is 32.2. The van der Waals surface area contributed by atoms with Gasteiger partial charge in [-0.3, -0.25) is 9.69 Å². The molecule has 5 aromatic rings. The Morgan fingerprint density at radius 1 is 1.05 bits per heavy atom. The van der Waals surface area contributed by atoms with E-state index in [4.69, 9.17) is 0 Å². The van der Waals surface area contributed by atoms with E-state index < -0.39 is 15.8 Å². The van der Waals surface area contributed by atoms with Gasteiger partial charge in [0.15, 0.2) is 0 Å². The molecule has 0 spiro atoms. The van der Waals surface area contributed by atoms with Crippen LogP contribution in [0, 0.1) is 6.92 Å². The monoisotopic (exact) mass is 584 g/mol. The normalized spacial score (nSPS) is 15.0. The molecule has 0 amide bonds. The highest BCUT2D eigenvalue weighted by molar-refractivity contribution is 7.91. The number of H-pyrrole nitrogens is 1. The summed E-state index contributed by atoms with van der Waals surface area (Å²) in [6, 6.07) is 16.8. The number of aromatic nitrogens is 3. The highest BCUT2D eigenvalue weighted by Gasteiger charge is 2.26. The fourth-order valence-electron chi connectivity index (χ4n) is 6.09. The van der Waals surface area contributed by atoms with Crippen LogP contribution in [0.4, 0.5) is 0 Å². The van der Waals surface area contributed by atoms with Crippen molar-refractivity contribution < 1.29 is 18.3 Å². The van der Waals surface area contributed by atoms with E-state index in [0.29, 0.717) is 29.6 Å². The average Bonchev–Trinajstić information content (AvgIpc) is 3.41. The Bertz CT molecular complexity index is 2000. The molecule has 4 heterocycles. The summed E-state index contributed by atoms with van der Waals surface area (Å²) in [7, 11) is -1.26. The summed E-state index contributed by atoms with van der Waals surface area (Å²) < 4.78 is 25.3. The van der Waals surface area contributed by atoms with Gasteiger partial charge in [0.1, 0.15) is 15.5 Å². The van der Waals surface area contributed by atoms with E-state index >= 15 is 0 Å². The summed E-state index contributed by atoms with van der Waals surface area (Å²) in [4.78, 5) is 35.1. The van der Waals surface area contributed by atoms with Crippen molar-refractivity contribution >= 4 is 37.7 Å². The van der Waals surface area contributed by atoms with E-state index in [2.05, 4.69) is 45.2 Å². The lowest BCUT2D eigenvalue weighted by Gasteiger charge is -2.31. The number of hydrogen-bond donors (Lipinski definition) is 2. The Labute approximate surface area is 243 Å². The van der Waals surface area contributed by atoms with Crippen LogP contribution < -0.4 is 5.56 Å². The van der Waals surface area contributed by atoms with Crippen LogP contribution in [0.2, 0.25) is 0 Å². The maximum Gasteiger partial charge on any atom is 0.335 e. The van der Waals surface area contributed by atoms with Gasteiger partial charge in [-0.25, -0.2) is 18.2 Å². The summed E-state index contributed by atoms with van der Waals surface area (Å²) in [6.07, 6.45) is 4.39. The van der Waals surface area contributed by atoms with Crippen molar-refractivity contribution in [3.63, 3.8) is 0 Å². The summed E-state index contributed by atoms with van der Waals surface area (Å²) in [5, 5.41) is 10.9. The molecule has 6 rings (SSSR count).